The number of nitrogens with zero attached hydrogens (tertiary/aromatic N) is 2. The number of rotatable bonds is 6. The number of likely N-dealkylation sites (tertiary alicyclic amines) is 1. The van der Waals surface area contributed by atoms with Crippen LogP contribution in [0.1, 0.15) is 49.4 Å². The molecule has 0 radical (unpaired) electrons. The first-order valence-electron chi connectivity index (χ1n) is 9.52. The molecule has 2 aliphatic rings. The van der Waals surface area contributed by atoms with Gasteiger partial charge in [0.05, 0.1) is 5.56 Å². The zero-order valence-corrected chi connectivity index (χ0v) is 15.2. The molecule has 0 bridgehead atoms. The number of halogens is 2. The summed E-state index contributed by atoms with van der Waals surface area (Å²) in [5, 5.41) is 0. The highest BCUT2D eigenvalue weighted by molar-refractivity contribution is 5.94. The quantitative estimate of drug-likeness (QED) is 0.776. The Labute approximate surface area is 153 Å². The first-order valence-corrected chi connectivity index (χ1v) is 9.52. The van der Waals surface area contributed by atoms with Crippen molar-refractivity contribution in [2.45, 2.75) is 39.0 Å². The Hall–Kier alpha value is -1.98. The van der Waals surface area contributed by atoms with E-state index in [0.717, 1.165) is 31.6 Å². The van der Waals surface area contributed by atoms with Gasteiger partial charge >= 0.3 is 0 Å². The van der Waals surface area contributed by atoms with Crippen LogP contribution in [0.4, 0.5) is 8.78 Å². The molecular weight excluding hydrogens is 338 g/mol. The number of carbonyl (C=O) groups excluding carboxylic acids is 2. The van der Waals surface area contributed by atoms with Crippen LogP contribution in [0.25, 0.3) is 0 Å². The highest BCUT2D eigenvalue weighted by Crippen LogP contribution is 2.31. The van der Waals surface area contributed by atoms with Gasteiger partial charge in [0.15, 0.2) is 0 Å². The zero-order valence-electron chi connectivity index (χ0n) is 15.2. The van der Waals surface area contributed by atoms with Crippen LogP contribution in [0.2, 0.25) is 0 Å². The fraction of sp³-hybridized carbons (Fsp3) is 0.600. The zero-order chi connectivity index (χ0) is 18.7. The monoisotopic (exact) mass is 364 g/mol. The van der Waals surface area contributed by atoms with E-state index in [2.05, 4.69) is 6.92 Å². The average molecular weight is 364 g/mol. The predicted molar refractivity (Wildman–Crippen MR) is 94.6 cm³/mol. The van der Waals surface area contributed by atoms with Gasteiger partial charge in [-0.1, -0.05) is 6.92 Å². The summed E-state index contributed by atoms with van der Waals surface area (Å²) in [4.78, 5) is 28.8. The third kappa shape index (κ3) is 4.40. The Morgan fingerprint density at radius 1 is 1.15 bits per heavy atom. The van der Waals surface area contributed by atoms with E-state index in [-0.39, 0.29) is 17.4 Å². The SMILES string of the molecule is CCCN(CC1CC1)C(=O)C1CCN(C(=O)c2ccc(F)cc2F)CC1. The minimum Gasteiger partial charge on any atom is -0.342 e. The van der Waals surface area contributed by atoms with Crippen LogP contribution in [-0.4, -0.2) is 47.8 Å². The maximum atomic E-state index is 13.8. The van der Waals surface area contributed by atoms with Crippen LogP contribution in [0, 0.1) is 23.5 Å². The molecule has 0 atom stereocenters. The van der Waals surface area contributed by atoms with E-state index in [0.29, 0.717) is 31.8 Å². The summed E-state index contributed by atoms with van der Waals surface area (Å²) < 4.78 is 26.8. The number of piperidine rings is 1. The molecule has 1 aliphatic heterocycles. The van der Waals surface area contributed by atoms with Crippen molar-refractivity contribution in [3.63, 3.8) is 0 Å². The average Bonchev–Trinajstić information content (AvgIpc) is 3.44. The molecule has 2 fully saturated rings. The van der Waals surface area contributed by atoms with Crippen LogP contribution in [0.5, 0.6) is 0 Å². The highest BCUT2D eigenvalue weighted by atomic mass is 19.1. The summed E-state index contributed by atoms with van der Waals surface area (Å²) in [7, 11) is 0. The van der Waals surface area contributed by atoms with Crippen LogP contribution < -0.4 is 0 Å². The Morgan fingerprint density at radius 2 is 1.85 bits per heavy atom. The lowest BCUT2D eigenvalue weighted by Gasteiger charge is -2.34. The van der Waals surface area contributed by atoms with Crippen molar-refractivity contribution in [1.82, 2.24) is 9.80 Å². The van der Waals surface area contributed by atoms with Crippen LogP contribution in [-0.2, 0) is 4.79 Å². The Morgan fingerprint density at radius 3 is 2.42 bits per heavy atom. The minimum atomic E-state index is -0.841. The molecule has 4 nitrogen and oxygen atoms in total. The molecule has 1 aromatic carbocycles. The van der Waals surface area contributed by atoms with Crippen molar-refractivity contribution in [2.75, 3.05) is 26.2 Å². The van der Waals surface area contributed by atoms with Crippen molar-refractivity contribution < 1.29 is 18.4 Å². The summed E-state index contributed by atoms with van der Waals surface area (Å²) in [6, 6.07) is 3.00. The number of hydrogen-bond acceptors (Lipinski definition) is 2. The minimum absolute atomic E-state index is 0.0672. The van der Waals surface area contributed by atoms with Gasteiger partial charge in [0.1, 0.15) is 11.6 Å². The first kappa shape index (κ1) is 18.8. The van der Waals surface area contributed by atoms with E-state index in [1.807, 2.05) is 4.90 Å². The van der Waals surface area contributed by atoms with Gasteiger partial charge in [-0.05, 0) is 50.2 Å². The van der Waals surface area contributed by atoms with Gasteiger partial charge in [0, 0.05) is 38.2 Å². The molecule has 1 saturated carbocycles. The lowest BCUT2D eigenvalue weighted by molar-refractivity contribution is -0.137. The Kier molecular flexibility index (Phi) is 5.89. The van der Waals surface area contributed by atoms with Gasteiger partial charge in [-0.2, -0.15) is 0 Å². The number of hydrogen-bond donors (Lipinski definition) is 0. The fourth-order valence-corrected chi connectivity index (χ4v) is 3.59. The normalized spacial score (nSPS) is 18.0. The van der Waals surface area contributed by atoms with E-state index in [1.54, 1.807) is 4.90 Å². The third-order valence-corrected chi connectivity index (χ3v) is 5.27. The first-order chi connectivity index (χ1) is 12.5. The number of benzene rings is 1. The lowest BCUT2D eigenvalue weighted by atomic mass is 9.94. The molecule has 26 heavy (non-hydrogen) atoms. The van der Waals surface area contributed by atoms with Crippen LogP contribution in [0.15, 0.2) is 18.2 Å². The van der Waals surface area contributed by atoms with Crippen LogP contribution in [0.3, 0.4) is 0 Å². The van der Waals surface area contributed by atoms with E-state index >= 15 is 0 Å². The molecule has 0 spiro atoms. The fourth-order valence-electron chi connectivity index (χ4n) is 3.59. The summed E-state index contributed by atoms with van der Waals surface area (Å²) in [6.45, 7) is 4.57. The molecule has 6 heteroatoms. The van der Waals surface area contributed by atoms with E-state index in [4.69, 9.17) is 0 Å². The van der Waals surface area contributed by atoms with Crippen molar-refractivity contribution in [1.29, 1.82) is 0 Å². The summed E-state index contributed by atoms with van der Waals surface area (Å²) >= 11 is 0. The smallest absolute Gasteiger partial charge is 0.256 e. The molecule has 0 N–H and O–H groups in total. The summed E-state index contributed by atoms with van der Waals surface area (Å²) in [5.41, 5.74) is -0.113. The van der Waals surface area contributed by atoms with Crippen molar-refractivity contribution in [2.24, 2.45) is 11.8 Å². The van der Waals surface area contributed by atoms with E-state index < -0.39 is 17.5 Å². The molecule has 2 amide bonds. The van der Waals surface area contributed by atoms with Gasteiger partial charge in [-0.15, -0.1) is 0 Å². The van der Waals surface area contributed by atoms with E-state index in [9.17, 15) is 18.4 Å². The second-order valence-electron chi connectivity index (χ2n) is 7.42. The molecule has 1 saturated heterocycles. The highest BCUT2D eigenvalue weighted by Gasteiger charge is 2.33. The summed E-state index contributed by atoms with van der Waals surface area (Å²) in [6.07, 6.45) is 4.56. The largest absolute Gasteiger partial charge is 0.342 e. The molecule has 3 rings (SSSR count). The molecule has 1 aliphatic carbocycles. The van der Waals surface area contributed by atoms with Gasteiger partial charge in [0.25, 0.3) is 5.91 Å². The Bertz CT molecular complexity index is 668. The lowest BCUT2D eigenvalue weighted by Crippen LogP contribution is -2.45. The summed E-state index contributed by atoms with van der Waals surface area (Å²) in [5.74, 6) is -1.19. The van der Waals surface area contributed by atoms with Crippen LogP contribution >= 0.6 is 0 Å². The maximum Gasteiger partial charge on any atom is 0.256 e. The molecule has 1 aromatic rings. The van der Waals surface area contributed by atoms with E-state index in [1.165, 1.54) is 18.9 Å². The van der Waals surface area contributed by atoms with Gasteiger partial charge < -0.3 is 9.80 Å². The number of carbonyl (C=O) groups is 2. The van der Waals surface area contributed by atoms with Crippen molar-refractivity contribution >= 4 is 11.8 Å². The number of amides is 2. The van der Waals surface area contributed by atoms with Crippen molar-refractivity contribution in [3.05, 3.63) is 35.4 Å². The molecule has 0 unspecified atom stereocenters. The standard InChI is InChI=1S/C20H26F2N2O2/c1-2-9-24(13-14-3-4-14)19(25)15-7-10-23(11-8-15)20(26)17-6-5-16(21)12-18(17)22/h5-6,12,14-15H,2-4,7-11,13H2,1H3. The predicted octanol–water partition coefficient (Wildman–Crippen LogP) is 3.47. The Balaban J connectivity index is 1.57. The molecular formula is C20H26F2N2O2. The molecule has 1 heterocycles. The van der Waals surface area contributed by atoms with Gasteiger partial charge in [0.2, 0.25) is 5.91 Å². The third-order valence-electron chi connectivity index (χ3n) is 5.27. The van der Waals surface area contributed by atoms with Crippen molar-refractivity contribution in [3.8, 4) is 0 Å². The molecule has 142 valence electrons. The maximum absolute atomic E-state index is 13.8. The topological polar surface area (TPSA) is 40.6 Å². The second kappa shape index (κ2) is 8.14. The van der Waals surface area contributed by atoms with Gasteiger partial charge in [-0.3, -0.25) is 9.59 Å². The molecule has 0 aromatic heterocycles. The second-order valence-corrected chi connectivity index (χ2v) is 7.42. The van der Waals surface area contributed by atoms with Gasteiger partial charge in [-0.25, -0.2) is 8.78 Å².